The SMILES string of the molecule is NC(=O)NC(CC(=O)NCc1cccc(NC(=O)C2CCCC2)c1)c1cccs1. The van der Waals surface area contributed by atoms with E-state index in [4.69, 9.17) is 5.73 Å². The maximum absolute atomic E-state index is 12.4. The van der Waals surface area contributed by atoms with E-state index in [0.29, 0.717) is 6.54 Å². The van der Waals surface area contributed by atoms with Crippen molar-refractivity contribution < 1.29 is 14.4 Å². The molecule has 0 bridgehead atoms. The molecule has 0 radical (unpaired) electrons. The molecule has 1 saturated carbocycles. The molecule has 1 unspecified atom stereocenters. The minimum Gasteiger partial charge on any atom is -0.352 e. The summed E-state index contributed by atoms with van der Waals surface area (Å²) >= 11 is 1.46. The number of carbonyl (C=O) groups excluding carboxylic acids is 3. The Balaban J connectivity index is 1.52. The number of nitrogens with one attached hydrogen (secondary N) is 3. The van der Waals surface area contributed by atoms with Crippen LogP contribution in [0.4, 0.5) is 10.5 Å². The van der Waals surface area contributed by atoms with Crippen LogP contribution in [0.3, 0.4) is 0 Å². The Bertz CT molecular complexity index is 847. The molecule has 0 spiro atoms. The molecule has 1 aromatic heterocycles. The molecule has 1 aliphatic rings. The summed E-state index contributed by atoms with van der Waals surface area (Å²) in [6.45, 7) is 0.333. The third kappa shape index (κ3) is 6.32. The van der Waals surface area contributed by atoms with Crippen LogP contribution in [0.25, 0.3) is 0 Å². The second-order valence-corrected chi connectivity index (χ2v) is 8.21. The predicted octanol–water partition coefficient (Wildman–Crippen LogP) is 3.29. The normalized spacial score (nSPS) is 14.9. The van der Waals surface area contributed by atoms with E-state index in [1.165, 1.54) is 11.3 Å². The number of nitrogens with two attached hydrogens (primary N) is 1. The summed E-state index contributed by atoms with van der Waals surface area (Å²) in [6, 6.07) is 10.1. The zero-order chi connectivity index (χ0) is 20.6. The lowest BCUT2D eigenvalue weighted by Crippen LogP contribution is -2.36. The Labute approximate surface area is 174 Å². The first-order valence-corrected chi connectivity index (χ1v) is 10.6. The molecule has 5 N–H and O–H groups in total. The minimum absolute atomic E-state index is 0.0694. The number of amides is 4. The Hall–Kier alpha value is -2.87. The van der Waals surface area contributed by atoms with Crippen molar-refractivity contribution in [3.05, 3.63) is 52.2 Å². The van der Waals surface area contributed by atoms with Gasteiger partial charge < -0.3 is 21.7 Å². The first-order valence-electron chi connectivity index (χ1n) is 9.77. The monoisotopic (exact) mass is 414 g/mol. The minimum atomic E-state index is -0.665. The molecule has 4 amide bonds. The Kier molecular flexibility index (Phi) is 7.24. The third-order valence-electron chi connectivity index (χ3n) is 5.00. The largest absolute Gasteiger partial charge is 0.352 e. The summed E-state index contributed by atoms with van der Waals surface area (Å²) in [5.41, 5.74) is 6.85. The molecule has 1 heterocycles. The van der Waals surface area contributed by atoms with E-state index in [9.17, 15) is 14.4 Å². The zero-order valence-electron chi connectivity index (χ0n) is 16.1. The number of thiophene rings is 1. The summed E-state index contributed by atoms with van der Waals surface area (Å²) in [5, 5.41) is 10.3. The van der Waals surface area contributed by atoms with E-state index in [0.717, 1.165) is 41.8 Å². The van der Waals surface area contributed by atoms with Gasteiger partial charge in [-0.05, 0) is 42.0 Å². The Morgan fingerprint density at radius 3 is 2.62 bits per heavy atom. The second kappa shape index (κ2) is 10.1. The molecule has 29 heavy (non-hydrogen) atoms. The quantitative estimate of drug-likeness (QED) is 0.531. The van der Waals surface area contributed by atoms with E-state index in [1.807, 2.05) is 41.8 Å². The molecule has 1 atom stereocenters. The van der Waals surface area contributed by atoms with Crippen molar-refractivity contribution in [3.8, 4) is 0 Å². The molecule has 1 aliphatic carbocycles. The molecular formula is C21H26N4O3S. The lowest BCUT2D eigenvalue weighted by Gasteiger charge is -2.16. The van der Waals surface area contributed by atoms with Gasteiger partial charge in [0.2, 0.25) is 11.8 Å². The molecule has 7 nitrogen and oxygen atoms in total. The first kappa shape index (κ1) is 20.9. The van der Waals surface area contributed by atoms with Gasteiger partial charge in [-0.25, -0.2) is 4.79 Å². The van der Waals surface area contributed by atoms with Crippen LogP contribution in [0.5, 0.6) is 0 Å². The number of anilines is 1. The van der Waals surface area contributed by atoms with Crippen LogP contribution in [-0.4, -0.2) is 17.8 Å². The van der Waals surface area contributed by atoms with E-state index in [1.54, 1.807) is 0 Å². The summed E-state index contributed by atoms with van der Waals surface area (Å²) in [4.78, 5) is 36.8. The highest BCUT2D eigenvalue weighted by atomic mass is 32.1. The smallest absolute Gasteiger partial charge is 0.312 e. The molecule has 2 aromatic rings. The highest BCUT2D eigenvalue weighted by Crippen LogP contribution is 2.26. The number of rotatable bonds is 8. The van der Waals surface area contributed by atoms with Crippen LogP contribution in [-0.2, 0) is 16.1 Å². The zero-order valence-corrected chi connectivity index (χ0v) is 17.0. The number of hydrogen-bond donors (Lipinski definition) is 4. The maximum Gasteiger partial charge on any atom is 0.312 e. The van der Waals surface area contributed by atoms with Gasteiger partial charge >= 0.3 is 6.03 Å². The van der Waals surface area contributed by atoms with E-state index < -0.39 is 12.1 Å². The molecule has 1 aromatic carbocycles. The lowest BCUT2D eigenvalue weighted by atomic mass is 10.1. The highest BCUT2D eigenvalue weighted by Gasteiger charge is 2.22. The van der Waals surface area contributed by atoms with Gasteiger partial charge in [0.1, 0.15) is 0 Å². The molecule has 3 rings (SSSR count). The van der Waals surface area contributed by atoms with E-state index >= 15 is 0 Å². The van der Waals surface area contributed by atoms with Crippen molar-refractivity contribution in [2.45, 2.75) is 44.7 Å². The van der Waals surface area contributed by atoms with Gasteiger partial charge in [-0.15, -0.1) is 11.3 Å². The standard InChI is InChI=1S/C21H26N4O3S/c22-21(28)25-17(18-9-4-10-29-18)12-19(26)23-13-14-5-3-8-16(11-14)24-20(27)15-6-1-2-7-15/h3-5,8-11,15,17H,1-2,6-7,12-13H2,(H,23,26)(H,24,27)(H3,22,25,28). The fourth-order valence-corrected chi connectivity index (χ4v) is 4.31. The third-order valence-corrected chi connectivity index (χ3v) is 5.99. The van der Waals surface area contributed by atoms with Gasteiger partial charge in [-0.3, -0.25) is 9.59 Å². The highest BCUT2D eigenvalue weighted by molar-refractivity contribution is 7.10. The van der Waals surface area contributed by atoms with Crippen LogP contribution in [0, 0.1) is 5.92 Å². The van der Waals surface area contributed by atoms with E-state index in [2.05, 4.69) is 16.0 Å². The average Bonchev–Trinajstić information content (AvgIpc) is 3.39. The number of urea groups is 1. The average molecular weight is 415 g/mol. The van der Waals surface area contributed by atoms with Crippen LogP contribution in [0.1, 0.15) is 48.6 Å². The molecule has 0 aliphatic heterocycles. The number of benzene rings is 1. The predicted molar refractivity (Wildman–Crippen MR) is 113 cm³/mol. The van der Waals surface area contributed by atoms with Crippen molar-refractivity contribution in [1.82, 2.24) is 10.6 Å². The van der Waals surface area contributed by atoms with E-state index in [-0.39, 0.29) is 24.2 Å². The summed E-state index contributed by atoms with van der Waals surface area (Å²) in [7, 11) is 0. The number of primary amides is 1. The Morgan fingerprint density at radius 2 is 1.93 bits per heavy atom. The van der Waals surface area contributed by atoms with Crippen molar-refractivity contribution in [1.29, 1.82) is 0 Å². The van der Waals surface area contributed by atoms with Gasteiger partial charge in [0.15, 0.2) is 0 Å². The van der Waals surface area contributed by atoms with Crippen LogP contribution in [0.2, 0.25) is 0 Å². The second-order valence-electron chi connectivity index (χ2n) is 7.23. The van der Waals surface area contributed by atoms with Gasteiger partial charge in [0.25, 0.3) is 0 Å². The van der Waals surface area contributed by atoms with Crippen LogP contribution < -0.4 is 21.7 Å². The summed E-state index contributed by atoms with van der Waals surface area (Å²) in [6.07, 6.45) is 4.22. The molecular weight excluding hydrogens is 388 g/mol. The first-order chi connectivity index (χ1) is 14.0. The molecule has 1 fully saturated rings. The van der Waals surface area contributed by atoms with Crippen molar-refractivity contribution >= 4 is 34.9 Å². The molecule has 8 heteroatoms. The van der Waals surface area contributed by atoms with Gasteiger partial charge in [0.05, 0.1) is 12.5 Å². The summed E-state index contributed by atoms with van der Waals surface area (Å²) < 4.78 is 0. The Morgan fingerprint density at radius 1 is 1.14 bits per heavy atom. The summed E-state index contributed by atoms with van der Waals surface area (Å²) in [5.74, 6) is -0.0251. The fraction of sp³-hybridized carbons (Fsp3) is 0.381. The topological polar surface area (TPSA) is 113 Å². The van der Waals surface area contributed by atoms with Crippen LogP contribution in [0.15, 0.2) is 41.8 Å². The number of carbonyl (C=O) groups is 3. The van der Waals surface area contributed by atoms with Gasteiger partial charge in [0, 0.05) is 23.0 Å². The fourth-order valence-electron chi connectivity index (χ4n) is 3.53. The molecule has 154 valence electrons. The van der Waals surface area contributed by atoms with Crippen molar-refractivity contribution in [2.24, 2.45) is 11.7 Å². The number of hydrogen-bond acceptors (Lipinski definition) is 4. The van der Waals surface area contributed by atoms with Crippen molar-refractivity contribution in [3.63, 3.8) is 0 Å². The van der Waals surface area contributed by atoms with Gasteiger partial charge in [-0.2, -0.15) is 0 Å². The maximum atomic E-state index is 12.4. The lowest BCUT2D eigenvalue weighted by molar-refractivity contribution is -0.122. The van der Waals surface area contributed by atoms with Gasteiger partial charge in [-0.1, -0.05) is 31.0 Å². The molecule has 0 saturated heterocycles. The van der Waals surface area contributed by atoms with Crippen LogP contribution >= 0.6 is 11.3 Å². The van der Waals surface area contributed by atoms with Crippen molar-refractivity contribution in [2.75, 3.05) is 5.32 Å².